The minimum atomic E-state index is -0.404. The van der Waals surface area contributed by atoms with Gasteiger partial charge >= 0.3 is 0 Å². The number of benzene rings is 3. The van der Waals surface area contributed by atoms with E-state index in [2.05, 4.69) is 21.4 Å². The molecule has 0 spiro atoms. The lowest BCUT2D eigenvalue weighted by Gasteiger charge is -2.22. The summed E-state index contributed by atoms with van der Waals surface area (Å²) < 4.78 is 7.11. The molecule has 0 amide bonds. The van der Waals surface area contributed by atoms with Crippen LogP contribution in [0.3, 0.4) is 0 Å². The minimum absolute atomic E-state index is 0.0515. The molecular weight excluding hydrogens is 464 g/mol. The number of anilines is 2. The Hall–Kier alpha value is -5.16. The first-order chi connectivity index (χ1) is 18.0. The highest BCUT2D eigenvalue weighted by Gasteiger charge is 2.20. The first-order valence-corrected chi connectivity index (χ1v) is 11.7. The Morgan fingerprint density at radius 2 is 1.84 bits per heavy atom. The lowest BCUT2D eigenvalue weighted by Crippen LogP contribution is -2.26. The predicted molar refractivity (Wildman–Crippen MR) is 145 cm³/mol. The van der Waals surface area contributed by atoms with Gasteiger partial charge in [0.1, 0.15) is 23.2 Å². The zero-order valence-corrected chi connectivity index (χ0v) is 20.3. The number of pyridine rings is 1. The second-order valence-corrected chi connectivity index (χ2v) is 8.52. The van der Waals surface area contributed by atoms with E-state index in [0.29, 0.717) is 22.6 Å². The van der Waals surface area contributed by atoms with Crippen LogP contribution in [0.25, 0.3) is 27.6 Å². The Bertz CT molecular complexity index is 1710. The van der Waals surface area contributed by atoms with E-state index in [1.165, 1.54) is 6.20 Å². The summed E-state index contributed by atoms with van der Waals surface area (Å²) in [4.78, 5) is 22.3. The molecule has 2 heterocycles. The first kappa shape index (κ1) is 23.6. The fourth-order valence-electron chi connectivity index (χ4n) is 4.44. The highest BCUT2D eigenvalue weighted by molar-refractivity contribution is 5.96. The van der Waals surface area contributed by atoms with Crippen molar-refractivity contribution in [1.29, 1.82) is 5.26 Å². The van der Waals surface area contributed by atoms with Crippen LogP contribution in [0.1, 0.15) is 24.2 Å². The maximum absolute atomic E-state index is 14.2. The molecule has 37 heavy (non-hydrogen) atoms. The van der Waals surface area contributed by atoms with Crippen LogP contribution in [-0.2, 0) is 0 Å². The van der Waals surface area contributed by atoms with Crippen LogP contribution >= 0.6 is 0 Å². The molecular formula is C29H24N6O2. The van der Waals surface area contributed by atoms with E-state index in [4.69, 9.17) is 10.5 Å². The zero-order valence-electron chi connectivity index (χ0n) is 20.3. The van der Waals surface area contributed by atoms with E-state index in [1.807, 2.05) is 85.8 Å². The Labute approximate surface area is 213 Å². The molecule has 0 bridgehead atoms. The van der Waals surface area contributed by atoms with E-state index in [0.717, 1.165) is 22.2 Å². The number of nitrogen functional groups attached to an aromatic ring is 1. The summed E-state index contributed by atoms with van der Waals surface area (Å²) in [5.74, 6) is 1.07. The first-order valence-electron chi connectivity index (χ1n) is 11.7. The van der Waals surface area contributed by atoms with Gasteiger partial charge in [0.25, 0.3) is 5.56 Å². The molecule has 0 fully saturated rings. The monoisotopic (exact) mass is 488 g/mol. The molecule has 1 atom stereocenters. The number of ether oxygens (including phenoxy) is 1. The zero-order chi connectivity index (χ0) is 25.9. The molecule has 0 aliphatic carbocycles. The molecule has 8 heteroatoms. The van der Waals surface area contributed by atoms with Gasteiger partial charge in [-0.3, -0.25) is 9.36 Å². The van der Waals surface area contributed by atoms with Gasteiger partial charge in [-0.1, -0.05) is 48.5 Å². The van der Waals surface area contributed by atoms with E-state index in [1.54, 1.807) is 11.7 Å². The third-order valence-corrected chi connectivity index (χ3v) is 6.20. The number of nitrogens with one attached hydrogen (secondary N) is 1. The van der Waals surface area contributed by atoms with Gasteiger partial charge in [-0.15, -0.1) is 0 Å². The molecule has 182 valence electrons. The molecule has 0 aliphatic rings. The molecule has 3 aromatic carbocycles. The van der Waals surface area contributed by atoms with Crippen molar-refractivity contribution in [1.82, 2.24) is 14.5 Å². The smallest absolute Gasteiger partial charge is 0.263 e. The predicted octanol–water partition coefficient (Wildman–Crippen LogP) is 5.08. The Morgan fingerprint density at radius 3 is 2.59 bits per heavy atom. The maximum Gasteiger partial charge on any atom is 0.263 e. The van der Waals surface area contributed by atoms with Gasteiger partial charge in [-0.25, -0.2) is 4.98 Å². The number of nitrogens with two attached hydrogens (primary N) is 1. The number of para-hydroxylation sites is 1. The summed E-state index contributed by atoms with van der Waals surface area (Å²) in [6, 6.07) is 26.6. The van der Waals surface area contributed by atoms with Crippen molar-refractivity contribution in [3.8, 4) is 28.6 Å². The van der Waals surface area contributed by atoms with Crippen LogP contribution in [-0.4, -0.2) is 21.6 Å². The minimum Gasteiger partial charge on any atom is -0.497 e. The third kappa shape index (κ3) is 4.46. The lowest BCUT2D eigenvalue weighted by molar-refractivity contribution is 0.415. The van der Waals surface area contributed by atoms with Crippen molar-refractivity contribution in [3.05, 3.63) is 107 Å². The van der Waals surface area contributed by atoms with Gasteiger partial charge in [0, 0.05) is 11.4 Å². The summed E-state index contributed by atoms with van der Waals surface area (Å²) in [6.07, 6.45) is 1.38. The third-order valence-electron chi connectivity index (χ3n) is 6.20. The van der Waals surface area contributed by atoms with E-state index in [-0.39, 0.29) is 17.1 Å². The van der Waals surface area contributed by atoms with E-state index >= 15 is 0 Å². The van der Waals surface area contributed by atoms with Gasteiger partial charge < -0.3 is 15.8 Å². The number of methoxy groups -OCH3 is 1. The Kier molecular flexibility index (Phi) is 6.27. The number of fused-ring (bicyclic) bond motifs is 1. The summed E-state index contributed by atoms with van der Waals surface area (Å²) in [5, 5.41) is 14.2. The molecule has 0 radical (unpaired) electrons. The Balaban J connectivity index is 1.74. The number of rotatable bonds is 6. The van der Waals surface area contributed by atoms with Crippen molar-refractivity contribution in [2.75, 3.05) is 18.2 Å². The SMILES string of the molecule is COc1cccc(-c2cccc3cc(C(C)Nc4nc(N)ncc4C#N)n(-c4ccccc4)c(=O)c23)c1. The average Bonchev–Trinajstić information content (AvgIpc) is 2.93. The quantitative estimate of drug-likeness (QED) is 0.342. The number of hydrogen-bond donors (Lipinski definition) is 2. The number of hydrogen-bond acceptors (Lipinski definition) is 7. The van der Waals surface area contributed by atoms with Gasteiger partial charge in [-0.05, 0) is 53.8 Å². The normalized spacial score (nSPS) is 11.6. The average molecular weight is 489 g/mol. The van der Waals surface area contributed by atoms with E-state index in [9.17, 15) is 10.1 Å². The molecule has 2 aromatic heterocycles. The Morgan fingerprint density at radius 1 is 1.05 bits per heavy atom. The number of nitriles is 1. The molecule has 5 rings (SSSR count). The maximum atomic E-state index is 14.2. The number of aromatic nitrogens is 3. The van der Waals surface area contributed by atoms with Crippen LogP contribution in [0.5, 0.6) is 5.75 Å². The highest BCUT2D eigenvalue weighted by atomic mass is 16.5. The molecule has 0 saturated heterocycles. The van der Waals surface area contributed by atoms with E-state index < -0.39 is 6.04 Å². The summed E-state index contributed by atoms with van der Waals surface area (Å²) >= 11 is 0. The molecule has 5 aromatic rings. The summed E-state index contributed by atoms with van der Waals surface area (Å²) in [6.45, 7) is 1.91. The summed E-state index contributed by atoms with van der Waals surface area (Å²) in [5.41, 5.74) is 9.00. The largest absolute Gasteiger partial charge is 0.497 e. The fraction of sp³-hybridized carbons (Fsp3) is 0.103. The lowest BCUT2D eigenvalue weighted by atomic mass is 9.97. The summed E-state index contributed by atoms with van der Waals surface area (Å²) in [7, 11) is 1.62. The van der Waals surface area contributed by atoms with Crippen LogP contribution < -0.4 is 21.3 Å². The van der Waals surface area contributed by atoms with Gasteiger partial charge in [-0.2, -0.15) is 10.2 Å². The van der Waals surface area contributed by atoms with Crippen LogP contribution in [0.15, 0.2) is 89.9 Å². The van der Waals surface area contributed by atoms with Gasteiger partial charge in [0.05, 0.1) is 24.7 Å². The van der Waals surface area contributed by atoms with Crippen molar-refractivity contribution in [2.24, 2.45) is 0 Å². The standard InChI is InChI=1S/C29H24N6O2/c1-18(33-27-21(16-30)17-32-29(31)34-27)25-15-20-9-7-13-24(19-8-6-12-23(14-19)37-2)26(20)28(36)35(25)22-10-4-3-5-11-22/h3-15,17-18H,1-2H3,(H3,31,32,33,34). The van der Waals surface area contributed by atoms with Crippen molar-refractivity contribution >= 4 is 22.5 Å². The topological polar surface area (TPSA) is 119 Å². The van der Waals surface area contributed by atoms with Crippen LogP contribution in [0.4, 0.5) is 11.8 Å². The van der Waals surface area contributed by atoms with Crippen LogP contribution in [0, 0.1) is 11.3 Å². The van der Waals surface area contributed by atoms with Crippen molar-refractivity contribution < 1.29 is 4.74 Å². The molecule has 3 N–H and O–H groups in total. The molecule has 0 saturated carbocycles. The second kappa shape index (κ2) is 9.84. The van der Waals surface area contributed by atoms with Crippen molar-refractivity contribution in [3.63, 3.8) is 0 Å². The molecule has 1 unspecified atom stereocenters. The van der Waals surface area contributed by atoms with Crippen molar-refractivity contribution in [2.45, 2.75) is 13.0 Å². The van der Waals surface area contributed by atoms with Crippen LogP contribution in [0.2, 0.25) is 0 Å². The van der Waals surface area contributed by atoms with Gasteiger partial charge in [0.2, 0.25) is 5.95 Å². The number of nitrogens with zero attached hydrogens (tertiary/aromatic N) is 4. The fourth-order valence-corrected chi connectivity index (χ4v) is 4.44. The molecule has 0 aliphatic heterocycles. The molecule has 8 nitrogen and oxygen atoms in total. The second-order valence-electron chi connectivity index (χ2n) is 8.52. The highest BCUT2D eigenvalue weighted by Crippen LogP contribution is 2.31. The van der Waals surface area contributed by atoms with Gasteiger partial charge in [0.15, 0.2) is 0 Å².